The fraction of sp³-hybridized carbons (Fsp3) is 0.533. The first kappa shape index (κ1) is 18.5. The molecule has 2 rings (SSSR count). The van der Waals surface area contributed by atoms with E-state index in [4.69, 9.17) is 23.2 Å². The topological polar surface area (TPSA) is 66.5 Å². The molecule has 1 saturated heterocycles. The molecule has 0 aromatic heterocycles. The fourth-order valence-corrected chi connectivity index (χ4v) is 5.00. The van der Waals surface area contributed by atoms with E-state index in [0.29, 0.717) is 35.1 Å². The third kappa shape index (κ3) is 4.83. The normalized spacial score (nSPS) is 19.5. The summed E-state index contributed by atoms with van der Waals surface area (Å²) >= 11 is 11.8. The Morgan fingerprint density at radius 1 is 1.26 bits per heavy atom. The summed E-state index contributed by atoms with van der Waals surface area (Å²) in [6.45, 7) is 2.20. The predicted octanol–water partition coefficient (Wildman–Crippen LogP) is 3.53. The number of anilines is 1. The van der Waals surface area contributed by atoms with E-state index < -0.39 is 16.1 Å². The van der Waals surface area contributed by atoms with Gasteiger partial charge in [-0.25, -0.2) is 8.42 Å². The molecular weight excluding hydrogens is 359 g/mol. The third-order valence-corrected chi connectivity index (χ3v) is 6.22. The molecule has 1 aromatic carbocycles. The van der Waals surface area contributed by atoms with Crippen LogP contribution < -0.4 is 5.32 Å². The molecule has 1 aliphatic heterocycles. The number of amides is 1. The third-order valence-electron chi connectivity index (χ3n) is 3.71. The lowest BCUT2D eigenvalue weighted by Crippen LogP contribution is -2.50. The van der Waals surface area contributed by atoms with Gasteiger partial charge in [0.25, 0.3) is 0 Å². The van der Waals surface area contributed by atoms with Gasteiger partial charge in [0, 0.05) is 22.3 Å². The molecule has 0 radical (unpaired) electrons. The maximum atomic E-state index is 12.5. The first-order chi connectivity index (χ1) is 10.8. The van der Waals surface area contributed by atoms with Crippen LogP contribution in [0.2, 0.25) is 10.0 Å². The second-order valence-corrected chi connectivity index (χ2v) is 8.50. The quantitative estimate of drug-likeness (QED) is 0.851. The van der Waals surface area contributed by atoms with Gasteiger partial charge >= 0.3 is 0 Å². The van der Waals surface area contributed by atoms with E-state index in [1.54, 1.807) is 18.2 Å². The monoisotopic (exact) mass is 378 g/mol. The molecule has 1 aromatic rings. The summed E-state index contributed by atoms with van der Waals surface area (Å²) in [6, 6.07) is 4.05. The van der Waals surface area contributed by atoms with Gasteiger partial charge in [0.2, 0.25) is 15.9 Å². The molecule has 0 bridgehead atoms. The molecule has 1 heterocycles. The van der Waals surface area contributed by atoms with E-state index >= 15 is 0 Å². The van der Waals surface area contributed by atoms with Crippen molar-refractivity contribution in [2.45, 2.75) is 38.6 Å². The van der Waals surface area contributed by atoms with Crippen LogP contribution in [0, 0.1) is 0 Å². The summed E-state index contributed by atoms with van der Waals surface area (Å²) in [4.78, 5) is 12.5. The molecule has 1 aliphatic rings. The second-order valence-electron chi connectivity index (χ2n) is 5.59. The lowest BCUT2D eigenvalue weighted by molar-refractivity contribution is -0.120. The molecular formula is C15H20Cl2N2O3S. The number of nitrogens with zero attached hydrogens (tertiary/aromatic N) is 1. The van der Waals surface area contributed by atoms with E-state index in [2.05, 4.69) is 5.32 Å². The van der Waals surface area contributed by atoms with Crippen LogP contribution in [0.3, 0.4) is 0 Å². The van der Waals surface area contributed by atoms with Crippen LogP contribution in [-0.4, -0.2) is 37.0 Å². The maximum absolute atomic E-state index is 12.5. The van der Waals surface area contributed by atoms with Gasteiger partial charge in [0.1, 0.15) is 6.04 Å². The molecule has 23 heavy (non-hydrogen) atoms. The highest BCUT2D eigenvalue weighted by atomic mass is 35.5. The Balaban J connectivity index is 2.18. The molecule has 0 saturated carbocycles. The summed E-state index contributed by atoms with van der Waals surface area (Å²) in [5.74, 6) is -0.289. The predicted molar refractivity (Wildman–Crippen MR) is 93.5 cm³/mol. The van der Waals surface area contributed by atoms with Gasteiger partial charge in [-0.3, -0.25) is 4.79 Å². The van der Waals surface area contributed by atoms with E-state index in [1.165, 1.54) is 4.31 Å². The Morgan fingerprint density at radius 2 is 1.91 bits per heavy atom. The summed E-state index contributed by atoms with van der Waals surface area (Å²) in [5, 5.41) is 3.54. The van der Waals surface area contributed by atoms with Crippen molar-refractivity contribution in [3.05, 3.63) is 28.2 Å². The first-order valence-electron chi connectivity index (χ1n) is 7.60. The van der Waals surface area contributed by atoms with Crippen molar-refractivity contribution >= 4 is 44.8 Å². The van der Waals surface area contributed by atoms with Gasteiger partial charge in [0.15, 0.2) is 0 Å². The molecule has 1 amide bonds. The van der Waals surface area contributed by atoms with Crippen molar-refractivity contribution in [1.29, 1.82) is 0 Å². The van der Waals surface area contributed by atoms with Crippen molar-refractivity contribution in [2.24, 2.45) is 0 Å². The lowest BCUT2D eigenvalue weighted by Gasteiger charge is -2.33. The molecule has 1 unspecified atom stereocenters. The number of sulfonamides is 1. The SMILES string of the molecule is CCCS(=O)(=O)N1CCCCC1C(=O)Nc1cc(Cl)cc(Cl)c1. The van der Waals surface area contributed by atoms with Gasteiger partial charge in [0.05, 0.1) is 5.75 Å². The van der Waals surface area contributed by atoms with Gasteiger partial charge in [-0.2, -0.15) is 4.31 Å². The van der Waals surface area contributed by atoms with Crippen LogP contribution in [-0.2, 0) is 14.8 Å². The lowest BCUT2D eigenvalue weighted by atomic mass is 10.0. The first-order valence-corrected chi connectivity index (χ1v) is 9.96. The molecule has 0 spiro atoms. The van der Waals surface area contributed by atoms with Gasteiger partial charge in [-0.1, -0.05) is 36.5 Å². The number of rotatable bonds is 5. The summed E-state index contributed by atoms with van der Waals surface area (Å²) < 4.78 is 26.1. The van der Waals surface area contributed by atoms with Crippen LogP contribution in [0.4, 0.5) is 5.69 Å². The molecule has 5 nitrogen and oxygen atoms in total. The zero-order valence-electron chi connectivity index (χ0n) is 12.9. The van der Waals surface area contributed by atoms with Crippen molar-refractivity contribution in [3.8, 4) is 0 Å². The second kappa shape index (κ2) is 7.83. The van der Waals surface area contributed by atoms with E-state index in [-0.39, 0.29) is 11.7 Å². The summed E-state index contributed by atoms with van der Waals surface area (Å²) in [5.41, 5.74) is 0.464. The fourth-order valence-electron chi connectivity index (χ4n) is 2.73. The van der Waals surface area contributed by atoms with Crippen LogP contribution in [0.25, 0.3) is 0 Å². The van der Waals surface area contributed by atoms with E-state index in [9.17, 15) is 13.2 Å². The average molecular weight is 379 g/mol. The molecule has 128 valence electrons. The Hall–Kier alpha value is -0.820. The molecule has 8 heteroatoms. The maximum Gasteiger partial charge on any atom is 0.242 e. The number of carbonyl (C=O) groups excluding carboxylic acids is 1. The molecule has 1 N–H and O–H groups in total. The highest BCUT2D eigenvalue weighted by molar-refractivity contribution is 7.89. The van der Waals surface area contributed by atoms with Crippen molar-refractivity contribution < 1.29 is 13.2 Å². The van der Waals surface area contributed by atoms with Crippen molar-refractivity contribution in [2.75, 3.05) is 17.6 Å². The van der Waals surface area contributed by atoms with Crippen LogP contribution in [0.15, 0.2) is 18.2 Å². The smallest absolute Gasteiger partial charge is 0.242 e. The zero-order chi connectivity index (χ0) is 17.0. The summed E-state index contributed by atoms with van der Waals surface area (Å²) in [7, 11) is -3.42. The number of nitrogens with one attached hydrogen (secondary N) is 1. The molecule has 1 fully saturated rings. The summed E-state index contributed by atoms with van der Waals surface area (Å²) in [6.07, 6.45) is 2.64. The number of hydrogen-bond acceptors (Lipinski definition) is 3. The van der Waals surface area contributed by atoms with Crippen LogP contribution in [0.1, 0.15) is 32.6 Å². The Morgan fingerprint density at radius 3 is 2.52 bits per heavy atom. The Kier molecular flexibility index (Phi) is 6.31. The minimum absolute atomic E-state index is 0.0553. The Bertz CT molecular complexity index is 659. The number of carbonyl (C=O) groups is 1. The number of piperidine rings is 1. The Labute approximate surface area is 147 Å². The molecule has 0 aliphatic carbocycles. The average Bonchev–Trinajstić information content (AvgIpc) is 2.46. The molecule has 1 atom stereocenters. The van der Waals surface area contributed by atoms with Gasteiger partial charge in [-0.05, 0) is 37.5 Å². The highest BCUT2D eigenvalue weighted by Crippen LogP contribution is 2.25. The number of benzene rings is 1. The highest BCUT2D eigenvalue weighted by Gasteiger charge is 2.36. The van der Waals surface area contributed by atoms with Crippen LogP contribution >= 0.6 is 23.2 Å². The van der Waals surface area contributed by atoms with Gasteiger partial charge < -0.3 is 5.32 Å². The number of halogens is 2. The van der Waals surface area contributed by atoms with Crippen LogP contribution in [0.5, 0.6) is 0 Å². The van der Waals surface area contributed by atoms with Crippen molar-refractivity contribution in [3.63, 3.8) is 0 Å². The van der Waals surface area contributed by atoms with E-state index in [0.717, 1.165) is 12.8 Å². The standard InChI is InChI=1S/C15H20Cl2N2O3S/c1-2-7-23(21,22)19-6-4-3-5-14(19)15(20)18-13-9-11(16)8-12(17)10-13/h8-10,14H,2-7H2,1H3,(H,18,20). The zero-order valence-corrected chi connectivity index (χ0v) is 15.2. The van der Waals surface area contributed by atoms with Crippen molar-refractivity contribution in [1.82, 2.24) is 4.31 Å². The minimum Gasteiger partial charge on any atom is -0.325 e. The van der Waals surface area contributed by atoms with E-state index in [1.807, 2.05) is 6.92 Å². The minimum atomic E-state index is -3.42. The van der Waals surface area contributed by atoms with Gasteiger partial charge in [-0.15, -0.1) is 0 Å². The number of hydrogen-bond donors (Lipinski definition) is 1. The largest absolute Gasteiger partial charge is 0.325 e.